The normalized spacial score (nSPS) is 24.1. The molecule has 0 spiro atoms. The molecular weight excluding hydrogens is 455 g/mol. The van der Waals surface area contributed by atoms with E-state index in [1.165, 1.54) is 24.7 Å². The van der Waals surface area contributed by atoms with Crippen LogP contribution in [0.1, 0.15) is 24.3 Å². The van der Waals surface area contributed by atoms with E-state index in [0.29, 0.717) is 13.1 Å². The number of benzene rings is 2. The van der Waals surface area contributed by atoms with E-state index in [1.807, 2.05) is 24.3 Å². The number of fused-ring (bicyclic) bond motifs is 1. The maximum Gasteiger partial charge on any atom is 0.262 e. The van der Waals surface area contributed by atoms with Gasteiger partial charge in [0.1, 0.15) is 5.82 Å². The van der Waals surface area contributed by atoms with Gasteiger partial charge in [0.15, 0.2) is 5.03 Å². The molecule has 2 saturated heterocycles. The van der Waals surface area contributed by atoms with Gasteiger partial charge in [-0.15, -0.1) is 0 Å². The number of aliphatic hydroxyl groups is 1. The van der Waals surface area contributed by atoms with Crippen LogP contribution in [0.2, 0.25) is 0 Å². The quantitative estimate of drug-likeness (QED) is 0.603. The zero-order chi connectivity index (χ0) is 23.9. The fraction of sp³-hybridized carbons (Fsp3) is 0.400. The molecular formula is C25H29FN4O3S. The van der Waals surface area contributed by atoms with Gasteiger partial charge in [0.05, 0.1) is 12.9 Å². The van der Waals surface area contributed by atoms with E-state index in [0.717, 1.165) is 36.1 Å². The molecule has 2 aromatic carbocycles. The summed E-state index contributed by atoms with van der Waals surface area (Å²) in [5, 5.41) is 10.2. The lowest BCUT2D eigenvalue weighted by Gasteiger charge is -2.57. The molecule has 3 atom stereocenters. The molecule has 180 valence electrons. The van der Waals surface area contributed by atoms with Crippen molar-refractivity contribution in [2.45, 2.75) is 35.9 Å². The lowest BCUT2D eigenvalue weighted by Crippen LogP contribution is -2.67. The molecule has 9 heteroatoms. The molecule has 0 unspecified atom stereocenters. The monoisotopic (exact) mass is 484 g/mol. The molecule has 7 nitrogen and oxygen atoms in total. The summed E-state index contributed by atoms with van der Waals surface area (Å²) in [6.45, 7) is 1.69. The number of hydrogen-bond acceptors (Lipinski definition) is 5. The Hall–Kier alpha value is -2.59. The minimum Gasteiger partial charge on any atom is -0.395 e. The standard InChI is InChI=1S/C25H29FN4O3S/c1-28-15-24(27-17-28)34(32,33)29-12-2-3-13-30-22(14-29)25(23(30)16-31)20-6-4-18(5-7-20)19-8-10-21(26)11-9-19/h4-11,15,17,22-23,25,31H,2-3,12-14,16H2,1H3/t22-,23-,25-/m0/s1. The molecule has 0 amide bonds. The Bertz CT molecular complexity index is 1240. The molecule has 2 aliphatic rings. The minimum absolute atomic E-state index is 0.0202. The topological polar surface area (TPSA) is 78.7 Å². The maximum atomic E-state index is 13.3. The molecule has 0 saturated carbocycles. The van der Waals surface area contributed by atoms with Crippen molar-refractivity contribution in [3.8, 4) is 11.1 Å². The van der Waals surface area contributed by atoms with Gasteiger partial charge in [-0.05, 0) is 48.2 Å². The first-order valence-electron chi connectivity index (χ1n) is 11.6. The first-order valence-corrected chi connectivity index (χ1v) is 13.0. The van der Waals surface area contributed by atoms with Gasteiger partial charge in [0.2, 0.25) is 0 Å². The summed E-state index contributed by atoms with van der Waals surface area (Å²) in [6.07, 6.45) is 4.68. The van der Waals surface area contributed by atoms with Crippen LogP contribution in [0.15, 0.2) is 66.1 Å². The highest BCUT2D eigenvalue weighted by Crippen LogP contribution is 2.42. The Balaban J connectivity index is 1.41. The molecule has 2 aliphatic heterocycles. The van der Waals surface area contributed by atoms with Crippen molar-refractivity contribution in [2.24, 2.45) is 7.05 Å². The van der Waals surface area contributed by atoms with Crippen molar-refractivity contribution in [1.82, 2.24) is 18.8 Å². The number of halogens is 1. The van der Waals surface area contributed by atoms with E-state index >= 15 is 0 Å². The number of sulfonamides is 1. The lowest BCUT2D eigenvalue weighted by molar-refractivity contribution is -0.0554. The molecule has 34 heavy (non-hydrogen) atoms. The van der Waals surface area contributed by atoms with Crippen molar-refractivity contribution < 1.29 is 17.9 Å². The number of aliphatic hydroxyl groups excluding tert-OH is 1. The molecule has 3 heterocycles. The minimum atomic E-state index is -3.70. The summed E-state index contributed by atoms with van der Waals surface area (Å²) in [4.78, 5) is 6.34. The molecule has 2 fully saturated rings. The van der Waals surface area contributed by atoms with Gasteiger partial charge in [-0.1, -0.05) is 36.4 Å². The molecule has 1 aromatic heterocycles. The lowest BCUT2D eigenvalue weighted by atomic mass is 9.74. The van der Waals surface area contributed by atoms with Crippen LogP contribution < -0.4 is 0 Å². The van der Waals surface area contributed by atoms with Crippen molar-refractivity contribution in [1.29, 1.82) is 0 Å². The van der Waals surface area contributed by atoms with Gasteiger partial charge in [0.25, 0.3) is 10.0 Å². The summed E-state index contributed by atoms with van der Waals surface area (Å²) in [6, 6.07) is 14.4. The van der Waals surface area contributed by atoms with Crippen LogP contribution in [0.4, 0.5) is 4.39 Å². The van der Waals surface area contributed by atoms with Crippen LogP contribution in [0, 0.1) is 5.82 Å². The van der Waals surface area contributed by atoms with Crippen LogP contribution in [0.3, 0.4) is 0 Å². The van der Waals surface area contributed by atoms with Crippen molar-refractivity contribution in [2.75, 3.05) is 26.2 Å². The summed E-state index contributed by atoms with van der Waals surface area (Å²) in [7, 11) is -1.94. The number of rotatable bonds is 5. The molecule has 0 radical (unpaired) electrons. The fourth-order valence-corrected chi connectivity index (χ4v) is 6.78. The smallest absolute Gasteiger partial charge is 0.262 e. The predicted molar refractivity (Wildman–Crippen MR) is 127 cm³/mol. The molecule has 3 aromatic rings. The predicted octanol–water partition coefficient (Wildman–Crippen LogP) is 2.84. The zero-order valence-corrected chi connectivity index (χ0v) is 19.9. The number of nitrogens with zero attached hydrogens (tertiary/aromatic N) is 4. The second kappa shape index (κ2) is 9.22. The summed E-state index contributed by atoms with van der Waals surface area (Å²) >= 11 is 0. The number of aromatic nitrogens is 2. The van der Waals surface area contributed by atoms with E-state index < -0.39 is 10.0 Å². The number of hydrogen-bond donors (Lipinski definition) is 1. The van der Waals surface area contributed by atoms with Gasteiger partial charge in [-0.25, -0.2) is 17.8 Å². The highest BCUT2D eigenvalue weighted by molar-refractivity contribution is 7.89. The summed E-state index contributed by atoms with van der Waals surface area (Å²) in [5.41, 5.74) is 2.99. The van der Waals surface area contributed by atoms with E-state index in [4.69, 9.17) is 0 Å². The Kier molecular flexibility index (Phi) is 6.28. The first kappa shape index (κ1) is 23.2. The van der Waals surface area contributed by atoms with Crippen LogP contribution in [-0.4, -0.2) is 70.6 Å². The highest BCUT2D eigenvalue weighted by Gasteiger charge is 2.50. The molecule has 5 rings (SSSR count). The second-order valence-corrected chi connectivity index (χ2v) is 11.0. The Morgan fingerprint density at radius 3 is 2.29 bits per heavy atom. The van der Waals surface area contributed by atoms with E-state index in [1.54, 1.807) is 28.1 Å². The van der Waals surface area contributed by atoms with Crippen molar-refractivity contribution in [3.05, 3.63) is 72.4 Å². The molecule has 0 bridgehead atoms. The van der Waals surface area contributed by atoms with Crippen molar-refractivity contribution in [3.63, 3.8) is 0 Å². The average Bonchev–Trinajstić information content (AvgIpc) is 3.26. The first-order chi connectivity index (χ1) is 16.4. The van der Waals surface area contributed by atoms with E-state index in [-0.39, 0.29) is 35.5 Å². The largest absolute Gasteiger partial charge is 0.395 e. The average molecular weight is 485 g/mol. The summed E-state index contributed by atoms with van der Waals surface area (Å²) in [5.74, 6) is -0.248. The van der Waals surface area contributed by atoms with Gasteiger partial charge >= 0.3 is 0 Å². The SMILES string of the molecule is Cn1cnc(S(=O)(=O)N2CCCCN3[C@@H](CO)[C@@H](c4ccc(-c5ccc(F)cc5)cc4)[C@@H]3C2)c1. The van der Waals surface area contributed by atoms with Crippen molar-refractivity contribution >= 4 is 10.0 Å². The van der Waals surface area contributed by atoms with Gasteiger partial charge in [-0.2, -0.15) is 4.31 Å². The van der Waals surface area contributed by atoms with E-state index in [9.17, 15) is 17.9 Å². The summed E-state index contributed by atoms with van der Waals surface area (Å²) < 4.78 is 43.1. The molecule has 0 aliphatic carbocycles. The van der Waals surface area contributed by atoms with Gasteiger partial charge in [-0.3, -0.25) is 4.90 Å². The number of aryl methyl sites for hydroxylation is 1. The maximum absolute atomic E-state index is 13.3. The third-order valence-electron chi connectivity index (χ3n) is 7.09. The van der Waals surface area contributed by atoms with Crippen LogP contribution in [0.5, 0.6) is 0 Å². The Morgan fingerprint density at radius 1 is 1.03 bits per heavy atom. The fourth-order valence-electron chi connectivity index (χ4n) is 5.32. The van der Waals surface area contributed by atoms with Crippen LogP contribution >= 0.6 is 0 Å². The Labute approximate surface area is 199 Å². The molecule has 1 N–H and O–H groups in total. The highest BCUT2D eigenvalue weighted by atomic mass is 32.2. The van der Waals surface area contributed by atoms with Crippen LogP contribution in [0.25, 0.3) is 11.1 Å². The van der Waals surface area contributed by atoms with Gasteiger partial charge in [0, 0.05) is 44.3 Å². The van der Waals surface area contributed by atoms with E-state index in [2.05, 4.69) is 9.88 Å². The number of imidazole rings is 1. The van der Waals surface area contributed by atoms with Gasteiger partial charge < -0.3 is 9.67 Å². The third kappa shape index (κ3) is 4.17. The Morgan fingerprint density at radius 2 is 1.68 bits per heavy atom. The second-order valence-electron chi connectivity index (χ2n) is 9.16. The zero-order valence-electron chi connectivity index (χ0n) is 19.1. The van der Waals surface area contributed by atoms with Crippen LogP contribution in [-0.2, 0) is 17.1 Å². The third-order valence-corrected chi connectivity index (χ3v) is 8.84.